The molecule has 0 radical (unpaired) electrons. The van der Waals surface area contributed by atoms with Gasteiger partial charge in [0.25, 0.3) is 5.91 Å². The van der Waals surface area contributed by atoms with Crippen molar-refractivity contribution in [1.82, 2.24) is 19.6 Å². The maximum atomic E-state index is 12.8. The van der Waals surface area contributed by atoms with E-state index >= 15 is 0 Å². The molecule has 1 N–H and O–H groups in total. The summed E-state index contributed by atoms with van der Waals surface area (Å²) in [6, 6.07) is 13.1. The molecular weight excluding hydrogens is 434 g/mol. The van der Waals surface area contributed by atoms with Crippen molar-refractivity contribution in [3.63, 3.8) is 0 Å². The van der Waals surface area contributed by atoms with Gasteiger partial charge >= 0.3 is 0 Å². The van der Waals surface area contributed by atoms with E-state index in [2.05, 4.69) is 58.2 Å². The molecule has 174 valence electrons. The Balaban J connectivity index is 1.45. The van der Waals surface area contributed by atoms with Crippen molar-refractivity contribution in [2.24, 2.45) is 0 Å². The first-order valence-electron chi connectivity index (χ1n) is 12.0. The lowest BCUT2D eigenvalue weighted by Gasteiger charge is -2.12. The summed E-state index contributed by atoms with van der Waals surface area (Å²) >= 11 is 0. The van der Waals surface area contributed by atoms with E-state index in [1.807, 2.05) is 36.5 Å². The number of allylic oxidation sites excluding steroid dienone is 2. The van der Waals surface area contributed by atoms with Crippen molar-refractivity contribution in [2.45, 2.75) is 45.4 Å². The van der Waals surface area contributed by atoms with E-state index in [1.165, 1.54) is 18.4 Å². The molecule has 0 aliphatic heterocycles. The van der Waals surface area contributed by atoms with Crippen LogP contribution in [0.25, 0.3) is 11.2 Å². The summed E-state index contributed by atoms with van der Waals surface area (Å²) in [5.74, 6) is 7.05. The minimum absolute atomic E-state index is 0.219. The molecule has 0 spiro atoms. The third-order valence-corrected chi connectivity index (χ3v) is 6.19. The number of benzene rings is 1. The Morgan fingerprint density at radius 1 is 1.06 bits per heavy atom. The first kappa shape index (κ1) is 22.5. The van der Waals surface area contributed by atoms with E-state index < -0.39 is 0 Å². The molecule has 0 saturated heterocycles. The van der Waals surface area contributed by atoms with Crippen molar-refractivity contribution in [2.75, 3.05) is 5.32 Å². The van der Waals surface area contributed by atoms with Gasteiger partial charge in [-0.25, -0.2) is 14.5 Å². The number of nitrogens with zero attached hydrogens (tertiary/aromatic N) is 4. The van der Waals surface area contributed by atoms with Crippen LogP contribution in [0.4, 0.5) is 5.82 Å². The molecule has 0 saturated carbocycles. The fourth-order valence-corrected chi connectivity index (χ4v) is 4.30. The number of amides is 1. The third-order valence-electron chi connectivity index (χ3n) is 6.19. The second-order valence-corrected chi connectivity index (χ2v) is 9.01. The molecule has 0 fully saturated rings. The first-order chi connectivity index (χ1) is 17.1. The number of imidazole rings is 1. The molecule has 0 bridgehead atoms. The van der Waals surface area contributed by atoms with Crippen molar-refractivity contribution in [1.29, 1.82) is 0 Å². The van der Waals surface area contributed by atoms with Crippen LogP contribution >= 0.6 is 0 Å². The largest absolute Gasteiger partial charge is 0.307 e. The van der Waals surface area contributed by atoms with E-state index in [-0.39, 0.29) is 11.8 Å². The van der Waals surface area contributed by atoms with Gasteiger partial charge in [0.15, 0.2) is 5.65 Å². The average Bonchev–Trinajstić information content (AvgIpc) is 3.30. The Morgan fingerprint density at radius 3 is 2.74 bits per heavy atom. The maximum absolute atomic E-state index is 12.8. The minimum atomic E-state index is -0.219. The SMILES string of the molecule is CC(C)c1ccc(C(=O)Nc2ccccn2)cc1C#Cc1cnc2cc(C3=CCCCC3)cnn12. The summed E-state index contributed by atoms with van der Waals surface area (Å²) in [4.78, 5) is 21.5. The molecule has 1 aliphatic rings. The van der Waals surface area contributed by atoms with Gasteiger partial charge in [-0.05, 0) is 79.0 Å². The second kappa shape index (κ2) is 9.94. The fraction of sp³-hybridized carbons (Fsp3) is 0.241. The van der Waals surface area contributed by atoms with Crippen LogP contribution in [0.2, 0.25) is 0 Å². The van der Waals surface area contributed by atoms with E-state index in [0.29, 0.717) is 17.1 Å². The lowest BCUT2D eigenvalue weighted by atomic mass is 9.95. The van der Waals surface area contributed by atoms with Crippen LogP contribution < -0.4 is 5.32 Å². The van der Waals surface area contributed by atoms with Gasteiger partial charge in [0.1, 0.15) is 11.5 Å². The fourth-order valence-electron chi connectivity index (χ4n) is 4.30. The summed E-state index contributed by atoms with van der Waals surface area (Å²) in [6.07, 6.45) is 12.3. The minimum Gasteiger partial charge on any atom is -0.307 e. The van der Waals surface area contributed by atoms with Crippen LogP contribution in [-0.2, 0) is 0 Å². The molecule has 5 rings (SSSR count). The molecule has 1 aromatic carbocycles. The smallest absolute Gasteiger partial charge is 0.256 e. The van der Waals surface area contributed by atoms with Gasteiger partial charge in [0.05, 0.1) is 12.4 Å². The molecule has 0 unspecified atom stereocenters. The van der Waals surface area contributed by atoms with Gasteiger partial charge in [-0.3, -0.25) is 4.79 Å². The van der Waals surface area contributed by atoms with Crippen molar-refractivity contribution in [3.05, 3.63) is 95.1 Å². The normalized spacial score (nSPS) is 13.3. The molecule has 35 heavy (non-hydrogen) atoms. The highest BCUT2D eigenvalue weighted by molar-refractivity contribution is 6.04. The van der Waals surface area contributed by atoms with E-state index in [1.54, 1.807) is 23.0 Å². The summed E-state index contributed by atoms with van der Waals surface area (Å²) in [5.41, 5.74) is 6.41. The summed E-state index contributed by atoms with van der Waals surface area (Å²) < 4.78 is 1.77. The van der Waals surface area contributed by atoms with Crippen LogP contribution in [0.1, 0.15) is 78.2 Å². The maximum Gasteiger partial charge on any atom is 0.256 e. The van der Waals surface area contributed by atoms with Crippen LogP contribution in [0, 0.1) is 11.8 Å². The number of carbonyl (C=O) groups is 1. The standard InChI is InChI=1S/C29H27N5O/c1-20(2)26-14-12-23(29(35)33-27-10-6-7-15-30-27)16-22(26)11-13-25-19-31-28-17-24(18-32-34(25)28)21-8-4-3-5-9-21/h6-8,10,12,14-20H,3-5,9H2,1-2H3,(H,30,33,35). The number of rotatable bonds is 4. The Hall–Kier alpha value is -4.24. The number of hydrogen-bond acceptors (Lipinski definition) is 4. The molecule has 6 nitrogen and oxygen atoms in total. The Labute approximate surface area is 205 Å². The van der Waals surface area contributed by atoms with Crippen LogP contribution in [0.3, 0.4) is 0 Å². The molecule has 3 aromatic heterocycles. The monoisotopic (exact) mass is 461 g/mol. The number of aromatic nitrogens is 4. The van der Waals surface area contributed by atoms with Crippen molar-refractivity contribution >= 4 is 22.9 Å². The number of hydrogen-bond donors (Lipinski definition) is 1. The number of fused-ring (bicyclic) bond motifs is 1. The van der Waals surface area contributed by atoms with Crippen LogP contribution in [0.15, 0.2) is 67.1 Å². The van der Waals surface area contributed by atoms with Crippen LogP contribution in [-0.4, -0.2) is 25.5 Å². The van der Waals surface area contributed by atoms with Gasteiger partial charge in [-0.15, -0.1) is 0 Å². The summed E-state index contributed by atoms with van der Waals surface area (Å²) in [7, 11) is 0. The van der Waals surface area contributed by atoms with Crippen LogP contribution in [0.5, 0.6) is 0 Å². The molecular formula is C29H27N5O. The molecule has 6 heteroatoms. The highest BCUT2D eigenvalue weighted by Crippen LogP contribution is 2.27. The summed E-state index contributed by atoms with van der Waals surface area (Å²) in [6.45, 7) is 4.23. The topological polar surface area (TPSA) is 72.2 Å². The van der Waals surface area contributed by atoms with E-state index in [0.717, 1.165) is 35.2 Å². The first-order valence-corrected chi connectivity index (χ1v) is 12.0. The third kappa shape index (κ3) is 4.99. The molecule has 3 heterocycles. The highest BCUT2D eigenvalue weighted by Gasteiger charge is 2.13. The zero-order chi connectivity index (χ0) is 24.2. The quantitative estimate of drug-likeness (QED) is 0.387. The molecule has 4 aromatic rings. The van der Waals surface area contributed by atoms with Gasteiger partial charge in [0, 0.05) is 22.9 Å². The van der Waals surface area contributed by atoms with Gasteiger partial charge in [-0.1, -0.05) is 38.0 Å². The van der Waals surface area contributed by atoms with Gasteiger partial charge < -0.3 is 5.32 Å². The van der Waals surface area contributed by atoms with E-state index in [4.69, 9.17) is 0 Å². The van der Waals surface area contributed by atoms with Crippen molar-refractivity contribution in [3.8, 4) is 11.8 Å². The Bertz CT molecular complexity index is 1470. The number of nitrogens with one attached hydrogen (secondary N) is 1. The Kier molecular flexibility index (Phi) is 6.40. The predicted molar refractivity (Wildman–Crippen MR) is 138 cm³/mol. The predicted octanol–water partition coefficient (Wildman–Crippen LogP) is 5.86. The lowest BCUT2D eigenvalue weighted by Crippen LogP contribution is -2.13. The second-order valence-electron chi connectivity index (χ2n) is 9.01. The van der Waals surface area contributed by atoms with Gasteiger partial charge in [0.2, 0.25) is 0 Å². The average molecular weight is 462 g/mol. The number of carbonyl (C=O) groups excluding carboxylic acids is 1. The highest BCUT2D eigenvalue weighted by atomic mass is 16.1. The van der Waals surface area contributed by atoms with Crippen molar-refractivity contribution < 1.29 is 4.79 Å². The number of anilines is 1. The Morgan fingerprint density at radius 2 is 1.97 bits per heavy atom. The molecule has 1 amide bonds. The molecule has 1 aliphatic carbocycles. The zero-order valence-electron chi connectivity index (χ0n) is 20.0. The summed E-state index contributed by atoms with van der Waals surface area (Å²) in [5, 5.41) is 7.45. The number of pyridine rings is 1. The zero-order valence-corrected chi connectivity index (χ0v) is 20.0. The lowest BCUT2D eigenvalue weighted by molar-refractivity contribution is 0.102. The molecule has 0 atom stereocenters. The van der Waals surface area contributed by atoms with Gasteiger partial charge in [-0.2, -0.15) is 5.10 Å². The van der Waals surface area contributed by atoms with E-state index in [9.17, 15) is 4.79 Å².